The van der Waals surface area contributed by atoms with Crippen LogP contribution in [0.5, 0.6) is 0 Å². The largest absolute Gasteiger partial charge is 0.462 e. The standard InChI is InChI=1S/C69H114O6/c1-4-7-10-13-16-19-22-25-28-30-31-32-33-34-35-36-37-39-41-44-47-50-53-56-59-62-68(71)74-65-66(64-73-67(70)61-58-55-52-49-46-43-40-27-24-21-18-15-12-9-6-3)75-69(72)63-60-57-54-51-48-45-42-38-29-26-23-20-17-14-11-8-5-2/h8-9,11-12,17-18,20-22,25-27,29-31,33-34,40,46,49,66H,4-7,10,13-16,19,23-24,28,32,35-39,41-45,47-48,50-65H2,1-3H3/b11-8-,12-9-,20-17-,21-18-,25-22-,29-26-,31-30-,34-33-,40-27-,49-46-. The third-order valence-electron chi connectivity index (χ3n) is 12.9. The first-order valence-electron chi connectivity index (χ1n) is 31.0. The second kappa shape index (κ2) is 62.4. The lowest BCUT2D eigenvalue weighted by Crippen LogP contribution is -2.30. The molecule has 0 fully saturated rings. The first-order chi connectivity index (χ1) is 37.0. The quantitative estimate of drug-likeness (QED) is 0.0261. The number of rotatable bonds is 55. The molecule has 0 aliphatic heterocycles. The number of allylic oxidation sites excluding steroid dienone is 20. The Kier molecular flexibility index (Phi) is 58.9. The van der Waals surface area contributed by atoms with E-state index in [-0.39, 0.29) is 31.1 Å². The number of esters is 3. The summed E-state index contributed by atoms with van der Waals surface area (Å²) in [7, 11) is 0. The molecule has 6 heteroatoms. The molecular formula is C69H114O6. The van der Waals surface area contributed by atoms with Crippen molar-refractivity contribution in [3.05, 3.63) is 122 Å². The Morgan fingerprint density at radius 2 is 0.520 bits per heavy atom. The van der Waals surface area contributed by atoms with Crippen LogP contribution in [-0.2, 0) is 28.6 Å². The van der Waals surface area contributed by atoms with Crippen LogP contribution < -0.4 is 0 Å². The molecule has 6 nitrogen and oxygen atoms in total. The molecule has 426 valence electrons. The highest BCUT2D eigenvalue weighted by molar-refractivity contribution is 5.71. The molecule has 0 bridgehead atoms. The third-order valence-corrected chi connectivity index (χ3v) is 12.9. The molecule has 0 radical (unpaired) electrons. The molecule has 0 saturated heterocycles. The average Bonchev–Trinajstić information content (AvgIpc) is 3.41. The van der Waals surface area contributed by atoms with Crippen molar-refractivity contribution in [1.82, 2.24) is 0 Å². The molecule has 1 atom stereocenters. The number of unbranched alkanes of at least 4 members (excludes halogenated alkanes) is 24. The van der Waals surface area contributed by atoms with Crippen molar-refractivity contribution < 1.29 is 28.6 Å². The molecule has 0 aromatic rings. The van der Waals surface area contributed by atoms with E-state index >= 15 is 0 Å². The first-order valence-corrected chi connectivity index (χ1v) is 31.0. The predicted octanol–water partition coefficient (Wildman–Crippen LogP) is 21.2. The highest BCUT2D eigenvalue weighted by atomic mass is 16.6. The van der Waals surface area contributed by atoms with E-state index in [1.807, 2.05) is 0 Å². The van der Waals surface area contributed by atoms with E-state index in [2.05, 4.69) is 142 Å². The monoisotopic (exact) mass is 1040 g/mol. The molecular weight excluding hydrogens is 925 g/mol. The molecule has 0 amide bonds. The summed E-state index contributed by atoms with van der Waals surface area (Å²) in [5, 5.41) is 0. The van der Waals surface area contributed by atoms with Crippen molar-refractivity contribution in [2.45, 2.75) is 284 Å². The predicted molar refractivity (Wildman–Crippen MR) is 325 cm³/mol. The normalized spacial score (nSPS) is 12.9. The Labute approximate surface area is 462 Å². The van der Waals surface area contributed by atoms with Crippen molar-refractivity contribution in [2.24, 2.45) is 0 Å². The average molecular weight is 1040 g/mol. The molecule has 0 aromatic carbocycles. The summed E-state index contributed by atoms with van der Waals surface area (Å²) in [6.45, 7) is 6.36. The van der Waals surface area contributed by atoms with Gasteiger partial charge in [0.2, 0.25) is 0 Å². The van der Waals surface area contributed by atoms with Crippen LogP contribution in [0.3, 0.4) is 0 Å². The van der Waals surface area contributed by atoms with Crippen LogP contribution in [0.2, 0.25) is 0 Å². The van der Waals surface area contributed by atoms with Crippen molar-refractivity contribution in [3.63, 3.8) is 0 Å². The maximum Gasteiger partial charge on any atom is 0.306 e. The lowest BCUT2D eigenvalue weighted by atomic mass is 10.1. The van der Waals surface area contributed by atoms with Gasteiger partial charge in [-0.15, -0.1) is 0 Å². The lowest BCUT2D eigenvalue weighted by Gasteiger charge is -2.18. The Morgan fingerprint density at radius 3 is 0.840 bits per heavy atom. The fourth-order valence-corrected chi connectivity index (χ4v) is 8.34. The Bertz CT molecular complexity index is 1570. The van der Waals surface area contributed by atoms with Crippen molar-refractivity contribution >= 4 is 17.9 Å². The van der Waals surface area contributed by atoms with Crippen molar-refractivity contribution in [3.8, 4) is 0 Å². The van der Waals surface area contributed by atoms with Crippen LogP contribution in [0.4, 0.5) is 0 Å². The number of hydrogen-bond donors (Lipinski definition) is 0. The zero-order valence-corrected chi connectivity index (χ0v) is 48.8. The van der Waals surface area contributed by atoms with Crippen LogP contribution in [0.25, 0.3) is 0 Å². The number of carbonyl (C=O) groups is 3. The maximum absolute atomic E-state index is 12.9. The van der Waals surface area contributed by atoms with Crippen LogP contribution in [-0.4, -0.2) is 37.2 Å². The summed E-state index contributed by atoms with van der Waals surface area (Å²) >= 11 is 0. The van der Waals surface area contributed by atoms with Gasteiger partial charge in [0.15, 0.2) is 6.10 Å². The minimum atomic E-state index is -0.807. The van der Waals surface area contributed by atoms with Gasteiger partial charge < -0.3 is 14.2 Å². The topological polar surface area (TPSA) is 78.9 Å². The molecule has 0 rings (SSSR count). The Balaban J connectivity index is 4.40. The zero-order chi connectivity index (χ0) is 54.3. The summed E-state index contributed by atoms with van der Waals surface area (Å²) in [6.07, 6.45) is 86.3. The molecule has 1 unspecified atom stereocenters. The van der Waals surface area contributed by atoms with Crippen molar-refractivity contribution in [2.75, 3.05) is 13.2 Å². The highest BCUT2D eigenvalue weighted by Crippen LogP contribution is 2.15. The minimum absolute atomic E-state index is 0.0999. The fraction of sp³-hybridized carbons (Fsp3) is 0.667. The van der Waals surface area contributed by atoms with Gasteiger partial charge in [0.25, 0.3) is 0 Å². The number of carbonyl (C=O) groups excluding carboxylic acids is 3. The summed E-state index contributed by atoms with van der Waals surface area (Å²) in [4.78, 5) is 38.3. The summed E-state index contributed by atoms with van der Waals surface area (Å²) in [6, 6.07) is 0. The van der Waals surface area contributed by atoms with E-state index in [4.69, 9.17) is 14.2 Å². The summed E-state index contributed by atoms with van der Waals surface area (Å²) < 4.78 is 16.9. The van der Waals surface area contributed by atoms with Crippen LogP contribution >= 0.6 is 0 Å². The van der Waals surface area contributed by atoms with Crippen LogP contribution in [0.15, 0.2) is 122 Å². The van der Waals surface area contributed by atoms with Crippen molar-refractivity contribution in [1.29, 1.82) is 0 Å². The van der Waals surface area contributed by atoms with Gasteiger partial charge in [0, 0.05) is 19.3 Å². The van der Waals surface area contributed by atoms with Gasteiger partial charge in [0.05, 0.1) is 0 Å². The minimum Gasteiger partial charge on any atom is -0.462 e. The molecule has 0 N–H and O–H groups in total. The van der Waals surface area contributed by atoms with Gasteiger partial charge >= 0.3 is 17.9 Å². The molecule has 0 heterocycles. The smallest absolute Gasteiger partial charge is 0.306 e. The number of hydrogen-bond acceptors (Lipinski definition) is 6. The zero-order valence-electron chi connectivity index (χ0n) is 48.8. The van der Waals surface area contributed by atoms with E-state index < -0.39 is 6.10 Å². The second-order valence-electron chi connectivity index (χ2n) is 20.2. The van der Waals surface area contributed by atoms with Gasteiger partial charge in [0.1, 0.15) is 13.2 Å². The third kappa shape index (κ3) is 60.6. The van der Waals surface area contributed by atoms with Gasteiger partial charge in [-0.3, -0.25) is 14.4 Å². The van der Waals surface area contributed by atoms with E-state index in [9.17, 15) is 14.4 Å². The Morgan fingerprint density at radius 1 is 0.280 bits per heavy atom. The fourth-order valence-electron chi connectivity index (χ4n) is 8.34. The molecule has 0 aliphatic rings. The van der Waals surface area contributed by atoms with Crippen LogP contribution in [0, 0.1) is 0 Å². The molecule has 75 heavy (non-hydrogen) atoms. The highest BCUT2D eigenvalue weighted by Gasteiger charge is 2.19. The van der Waals surface area contributed by atoms with E-state index in [0.29, 0.717) is 19.3 Å². The number of ether oxygens (including phenoxy) is 3. The summed E-state index contributed by atoms with van der Waals surface area (Å²) in [5.41, 5.74) is 0. The molecule has 0 aliphatic carbocycles. The van der Waals surface area contributed by atoms with Crippen LogP contribution in [0.1, 0.15) is 278 Å². The Hall–Kier alpha value is -4.19. The van der Waals surface area contributed by atoms with Gasteiger partial charge in [-0.2, -0.15) is 0 Å². The van der Waals surface area contributed by atoms with E-state index in [0.717, 1.165) is 122 Å². The SMILES string of the molecule is CC/C=C\C/C=C\C/C=C\C/C=C\CCCCC(=O)OCC(COC(=O)CCCCCCCCCCCC/C=C\C/C=C\C/C=C\CCCCCCC)OC(=O)CCCCCCCCC/C=C\C/C=C\C/C=C\CC. The van der Waals surface area contributed by atoms with E-state index in [1.165, 1.54) is 116 Å². The van der Waals surface area contributed by atoms with Gasteiger partial charge in [-0.05, 0) is 128 Å². The van der Waals surface area contributed by atoms with Gasteiger partial charge in [-0.1, -0.05) is 251 Å². The summed E-state index contributed by atoms with van der Waals surface area (Å²) in [5.74, 6) is -0.955. The second-order valence-corrected chi connectivity index (χ2v) is 20.2. The maximum atomic E-state index is 12.9. The molecule has 0 spiro atoms. The lowest BCUT2D eigenvalue weighted by molar-refractivity contribution is -0.167. The molecule has 0 saturated carbocycles. The van der Waals surface area contributed by atoms with Gasteiger partial charge in [-0.25, -0.2) is 0 Å². The molecule has 0 aromatic heterocycles. The first kappa shape index (κ1) is 70.8. The van der Waals surface area contributed by atoms with E-state index in [1.54, 1.807) is 0 Å².